The van der Waals surface area contributed by atoms with Crippen molar-refractivity contribution in [2.24, 2.45) is 10.8 Å². The number of aliphatic hydroxyl groups is 1. The van der Waals surface area contributed by atoms with Crippen LogP contribution in [-0.4, -0.2) is 15.9 Å². The number of carbonyl (C=O) groups excluding carboxylic acids is 1. The second-order valence-electron chi connectivity index (χ2n) is 14.7. The van der Waals surface area contributed by atoms with Crippen LogP contribution in [-0.2, 0) is 30.3 Å². The summed E-state index contributed by atoms with van der Waals surface area (Å²) >= 11 is 3.72. The number of aryl methyl sites for hydroxylation is 1. The molecule has 6 aromatic rings. The van der Waals surface area contributed by atoms with Crippen molar-refractivity contribution in [2.75, 3.05) is 0 Å². The molecule has 0 saturated carbocycles. The van der Waals surface area contributed by atoms with E-state index in [2.05, 4.69) is 88.4 Å². The molecule has 6 rings (SSSR count). The maximum Gasteiger partial charge on any atom is 0.164 e. The average Bonchev–Trinajstić information content (AvgIpc) is 3.63. The number of hydrogen-bond donors (Lipinski definition) is 1. The first-order valence-corrected chi connectivity index (χ1v) is 18.9. The zero-order chi connectivity index (χ0) is 35.0. The van der Waals surface area contributed by atoms with Crippen LogP contribution in [0.4, 0.5) is 0 Å². The van der Waals surface area contributed by atoms with Crippen LogP contribution in [0.1, 0.15) is 98.4 Å². The normalized spacial score (nSPS) is 12.7. The van der Waals surface area contributed by atoms with Gasteiger partial charge >= 0.3 is 0 Å². The summed E-state index contributed by atoms with van der Waals surface area (Å²) in [5, 5.41) is 16.5. The summed E-state index contributed by atoms with van der Waals surface area (Å²) in [5.41, 5.74) is 2.89. The van der Waals surface area contributed by atoms with Crippen molar-refractivity contribution in [1.82, 2.24) is 4.98 Å². The second-order valence-corrected chi connectivity index (χ2v) is 17.1. The third-order valence-corrected chi connectivity index (χ3v) is 12.7. The van der Waals surface area contributed by atoms with Gasteiger partial charge in [0.2, 0.25) is 0 Å². The fourth-order valence-electron chi connectivity index (χ4n) is 6.25. The molecule has 0 aliphatic heterocycles. The number of pyridine rings is 1. The first kappa shape index (κ1) is 38.9. The monoisotopic (exact) mass is 869 g/mol. The average molecular weight is 869 g/mol. The van der Waals surface area contributed by atoms with E-state index < -0.39 is 0 Å². The predicted molar refractivity (Wildman–Crippen MR) is 211 cm³/mol. The van der Waals surface area contributed by atoms with E-state index in [9.17, 15) is 9.90 Å². The van der Waals surface area contributed by atoms with Gasteiger partial charge in [-0.05, 0) is 78.4 Å². The van der Waals surface area contributed by atoms with E-state index >= 15 is 0 Å². The summed E-state index contributed by atoms with van der Waals surface area (Å²) in [4.78, 5) is 18.4. The number of nitrogens with zero attached hydrogens (tertiary/aromatic N) is 1. The van der Waals surface area contributed by atoms with Crippen LogP contribution in [0.5, 0.6) is 0 Å². The molecule has 3 nitrogen and oxygen atoms in total. The molecule has 3 aromatic heterocycles. The molecule has 0 fully saturated rings. The fourth-order valence-corrected chi connectivity index (χ4v) is 8.33. The third-order valence-electron chi connectivity index (χ3n) is 10.6. The Morgan fingerprint density at radius 3 is 2.10 bits per heavy atom. The van der Waals surface area contributed by atoms with E-state index in [0.29, 0.717) is 0 Å². The van der Waals surface area contributed by atoms with Gasteiger partial charge in [-0.2, -0.15) is 0 Å². The van der Waals surface area contributed by atoms with E-state index in [1.54, 1.807) is 0 Å². The number of aliphatic hydroxyl groups excluding tert-OH is 1. The molecule has 0 bridgehead atoms. The predicted octanol–water partition coefficient (Wildman–Crippen LogP) is 13.5. The van der Waals surface area contributed by atoms with Gasteiger partial charge in [-0.25, -0.2) is 0 Å². The van der Waals surface area contributed by atoms with Crippen LogP contribution in [0.25, 0.3) is 52.3 Å². The van der Waals surface area contributed by atoms with Crippen LogP contribution in [0.15, 0.2) is 72.6 Å². The maximum atomic E-state index is 12.2. The zero-order valence-corrected chi connectivity index (χ0v) is 34.7. The Morgan fingerprint density at radius 1 is 0.816 bits per heavy atom. The summed E-state index contributed by atoms with van der Waals surface area (Å²) in [5.74, 6) is 0.286. The molecule has 0 amide bonds. The van der Waals surface area contributed by atoms with Gasteiger partial charge in [0, 0.05) is 67.9 Å². The van der Waals surface area contributed by atoms with Crippen molar-refractivity contribution in [3.05, 3.63) is 89.1 Å². The molecule has 0 aliphatic carbocycles. The first-order valence-electron chi connectivity index (χ1n) is 17.3. The second kappa shape index (κ2) is 15.2. The molecular weight excluding hydrogens is 819 g/mol. The SMILES string of the molecule is CCC(C)(CC)C(=O)/C=C(\O)C(C)(CC)CC.Cc1cc2cc3sc4ccnc(-c5[c-]c6ccccc6c(C(C)(C)C)c5)c4c3cc2s1.[Ir]. The Balaban J connectivity index is 0.000000260. The Bertz CT molecular complexity index is 2140. The number of thiophene rings is 2. The number of carbonyl (C=O) groups is 1. The minimum Gasteiger partial charge on any atom is -0.512 e. The number of fused-ring (bicyclic) bond motifs is 5. The Kier molecular flexibility index (Phi) is 12.0. The number of benzene rings is 3. The summed E-state index contributed by atoms with van der Waals surface area (Å²) in [6, 6.07) is 23.7. The maximum absolute atomic E-state index is 12.2. The van der Waals surface area contributed by atoms with Crippen LogP contribution >= 0.6 is 22.7 Å². The summed E-state index contributed by atoms with van der Waals surface area (Å²) in [7, 11) is 0. The Labute approximate surface area is 314 Å². The van der Waals surface area contributed by atoms with E-state index in [1.165, 1.54) is 52.2 Å². The molecule has 1 N–H and O–H groups in total. The number of rotatable bonds is 8. The van der Waals surface area contributed by atoms with Gasteiger partial charge in [0.05, 0.1) is 0 Å². The van der Waals surface area contributed by atoms with Crippen LogP contribution < -0.4 is 0 Å². The minimum atomic E-state index is -0.337. The van der Waals surface area contributed by atoms with Gasteiger partial charge in [0.1, 0.15) is 5.76 Å². The minimum absolute atomic E-state index is 0. The number of ketones is 1. The first-order chi connectivity index (χ1) is 22.7. The van der Waals surface area contributed by atoms with Gasteiger partial charge in [0.15, 0.2) is 5.78 Å². The van der Waals surface area contributed by atoms with E-state index in [0.717, 1.165) is 42.3 Å². The molecule has 0 atom stereocenters. The molecule has 0 spiro atoms. The molecule has 3 heterocycles. The molecule has 0 unspecified atom stereocenters. The topological polar surface area (TPSA) is 50.2 Å². The van der Waals surface area contributed by atoms with E-state index in [-0.39, 0.29) is 47.9 Å². The van der Waals surface area contributed by atoms with Crippen molar-refractivity contribution in [1.29, 1.82) is 0 Å². The molecule has 0 aliphatic rings. The molecule has 3 aromatic carbocycles. The van der Waals surface area contributed by atoms with Crippen molar-refractivity contribution in [3.63, 3.8) is 0 Å². The van der Waals surface area contributed by atoms with E-state index in [4.69, 9.17) is 4.98 Å². The smallest absolute Gasteiger partial charge is 0.164 e. The standard InChI is InChI=1S/C28H22NS2.C15H28O2.Ir/c1-16-11-18-14-25-21(15-24(18)30-16)26-23(31-25)9-10-29-27(26)19-12-17-7-5-6-8-20(17)22(13-19)28(2,3)4;1-7-14(5,8-2)12(16)11-13(17)15(6,9-3)10-4;/h5-11,13-15H,1-4H3;11,16H,7-10H2,1-6H3;/q-1;;/b;12-11-;. The molecular formula is C43H50IrNO2S2-. The van der Waals surface area contributed by atoms with Crippen molar-refractivity contribution in [2.45, 2.75) is 100 Å². The summed E-state index contributed by atoms with van der Waals surface area (Å²) < 4.78 is 3.96. The number of hydrogen-bond acceptors (Lipinski definition) is 5. The van der Waals surface area contributed by atoms with Crippen molar-refractivity contribution < 1.29 is 30.0 Å². The van der Waals surface area contributed by atoms with Gasteiger partial charge < -0.3 is 5.11 Å². The summed E-state index contributed by atoms with van der Waals surface area (Å²) in [6.45, 7) is 21.1. The molecule has 261 valence electrons. The number of aromatic nitrogens is 1. The van der Waals surface area contributed by atoms with Gasteiger partial charge in [-0.15, -0.1) is 51.8 Å². The van der Waals surface area contributed by atoms with Gasteiger partial charge in [-0.3, -0.25) is 9.78 Å². The zero-order valence-electron chi connectivity index (χ0n) is 30.6. The third kappa shape index (κ3) is 7.73. The van der Waals surface area contributed by atoms with Crippen LogP contribution in [0.3, 0.4) is 0 Å². The van der Waals surface area contributed by atoms with E-state index in [1.807, 2.05) is 70.4 Å². The van der Waals surface area contributed by atoms with Gasteiger partial charge in [0.25, 0.3) is 0 Å². The molecule has 1 radical (unpaired) electrons. The quantitative estimate of drug-likeness (QED) is 0.0942. The molecule has 6 heteroatoms. The van der Waals surface area contributed by atoms with Crippen LogP contribution in [0, 0.1) is 23.8 Å². The van der Waals surface area contributed by atoms with Crippen molar-refractivity contribution >= 4 is 69.5 Å². The molecule has 49 heavy (non-hydrogen) atoms. The van der Waals surface area contributed by atoms with Gasteiger partial charge in [-0.1, -0.05) is 91.5 Å². The Morgan fingerprint density at radius 2 is 1.47 bits per heavy atom. The van der Waals surface area contributed by atoms with Crippen LogP contribution in [0.2, 0.25) is 0 Å². The molecule has 0 saturated heterocycles. The Hall–Kier alpha value is -2.89. The number of allylic oxidation sites excluding steroid dienone is 2. The largest absolute Gasteiger partial charge is 0.512 e. The van der Waals surface area contributed by atoms with Crippen molar-refractivity contribution in [3.8, 4) is 11.3 Å². The fraction of sp³-hybridized carbons (Fsp3) is 0.395. The summed E-state index contributed by atoms with van der Waals surface area (Å²) in [6.07, 6.45) is 6.70.